The van der Waals surface area contributed by atoms with Gasteiger partial charge in [-0.2, -0.15) is 0 Å². The first-order valence-electron chi connectivity index (χ1n) is 6.03. The van der Waals surface area contributed by atoms with Crippen molar-refractivity contribution < 1.29 is 0 Å². The zero-order valence-corrected chi connectivity index (χ0v) is 12.3. The summed E-state index contributed by atoms with van der Waals surface area (Å²) in [4.78, 5) is 6.83. The molecule has 1 aromatic rings. The van der Waals surface area contributed by atoms with E-state index in [1.807, 2.05) is 6.20 Å². The van der Waals surface area contributed by atoms with Gasteiger partial charge in [0, 0.05) is 29.8 Å². The number of piperidine rings is 1. The van der Waals surface area contributed by atoms with Crippen molar-refractivity contribution in [3.8, 4) is 0 Å². The minimum Gasteiger partial charge on any atom is -0.356 e. The molecule has 2 heterocycles. The van der Waals surface area contributed by atoms with Gasteiger partial charge in [-0.15, -0.1) is 0 Å². The molecule has 1 atom stereocenters. The summed E-state index contributed by atoms with van der Waals surface area (Å²) in [6, 6.07) is 2.42. The summed E-state index contributed by atoms with van der Waals surface area (Å²) >= 11 is 3.48. The number of rotatable bonds is 1. The largest absolute Gasteiger partial charge is 0.356 e. The second-order valence-electron chi connectivity index (χ2n) is 5.60. The lowest BCUT2D eigenvalue weighted by Gasteiger charge is -2.43. The first kappa shape index (κ1) is 12.8. The van der Waals surface area contributed by atoms with E-state index in [1.165, 1.54) is 5.56 Å². The third kappa shape index (κ3) is 2.63. The van der Waals surface area contributed by atoms with Gasteiger partial charge in [-0.05, 0) is 46.3 Å². The number of hydrogen-bond acceptors (Lipinski definition) is 3. The van der Waals surface area contributed by atoms with Crippen LogP contribution in [0.4, 0.5) is 5.82 Å². The molecule has 0 amide bonds. The highest BCUT2D eigenvalue weighted by molar-refractivity contribution is 9.10. The molecule has 2 rings (SSSR count). The molecule has 0 radical (unpaired) electrons. The molecular weight excluding hydrogens is 278 g/mol. The van der Waals surface area contributed by atoms with E-state index in [9.17, 15) is 0 Å². The second-order valence-corrected chi connectivity index (χ2v) is 6.45. The lowest BCUT2D eigenvalue weighted by molar-refractivity contribution is 0.244. The van der Waals surface area contributed by atoms with Gasteiger partial charge in [0.1, 0.15) is 5.82 Å². The predicted molar refractivity (Wildman–Crippen MR) is 75.3 cm³/mol. The Labute approximate surface area is 112 Å². The topological polar surface area (TPSA) is 42.1 Å². The van der Waals surface area contributed by atoms with Crippen LogP contribution in [0.15, 0.2) is 16.7 Å². The summed E-state index contributed by atoms with van der Waals surface area (Å²) in [5.41, 5.74) is 7.53. The van der Waals surface area contributed by atoms with Gasteiger partial charge in [-0.3, -0.25) is 0 Å². The molecule has 1 aromatic heterocycles. The fourth-order valence-corrected chi connectivity index (χ4v) is 2.48. The standard InChI is InChI=1S/C13H20BrN3/c1-9-6-12(16-7-10(9)14)17-5-4-11(15)13(2,3)8-17/h6-7,11H,4-5,8,15H2,1-3H3. The molecule has 1 saturated heterocycles. The Kier molecular flexibility index (Phi) is 3.46. The first-order chi connectivity index (χ1) is 7.90. The summed E-state index contributed by atoms with van der Waals surface area (Å²) in [5, 5.41) is 0. The fourth-order valence-electron chi connectivity index (χ4n) is 2.27. The van der Waals surface area contributed by atoms with Crippen LogP contribution < -0.4 is 10.6 Å². The first-order valence-corrected chi connectivity index (χ1v) is 6.82. The summed E-state index contributed by atoms with van der Waals surface area (Å²) in [7, 11) is 0. The maximum atomic E-state index is 6.15. The molecular formula is C13H20BrN3. The van der Waals surface area contributed by atoms with Gasteiger partial charge in [-0.25, -0.2) is 4.98 Å². The number of aromatic nitrogens is 1. The third-order valence-corrected chi connectivity index (χ3v) is 4.50. The number of halogens is 1. The van der Waals surface area contributed by atoms with Crippen LogP contribution in [0, 0.1) is 12.3 Å². The van der Waals surface area contributed by atoms with Crippen LogP contribution in [0.1, 0.15) is 25.8 Å². The average Bonchev–Trinajstić information content (AvgIpc) is 2.26. The van der Waals surface area contributed by atoms with Crippen molar-refractivity contribution >= 4 is 21.7 Å². The number of anilines is 1. The van der Waals surface area contributed by atoms with Crippen molar-refractivity contribution in [1.82, 2.24) is 4.98 Å². The van der Waals surface area contributed by atoms with Crippen molar-refractivity contribution in [2.45, 2.75) is 33.2 Å². The molecule has 1 fully saturated rings. The molecule has 3 nitrogen and oxygen atoms in total. The molecule has 0 bridgehead atoms. The van der Waals surface area contributed by atoms with Crippen LogP contribution in [0.5, 0.6) is 0 Å². The van der Waals surface area contributed by atoms with E-state index < -0.39 is 0 Å². The van der Waals surface area contributed by atoms with E-state index in [2.05, 4.69) is 52.7 Å². The predicted octanol–water partition coefficient (Wildman–Crippen LogP) is 2.72. The van der Waals surface area contributed by atoms with E-state index in [4.69, 9.17) is 5.73 Å². The monoisotopic (exact) mass is 297 g/mol. The third-order valence-electron chi connectivity index (χ3n) is 3.67. The lowest BCUT2D eigenvalue weighted by atomic mass is 9.80. The van der Waals surface area contributed by atoms with E-state index in [0.29, 0.717) is 0 Å². The summed E-state index contributed by atoms with van der Waals surface area (Å²) < 4.78 is 1.06. The molecule has 1 aliphatic rings. The van der Waals surface area contributed by atoms with Crippen molar-refractivity contribution in [1.29, 1.82) is 0 Å². The molecule has 0 spiro atoms. The highest BCUT2D eigenvalue weighted by atomic mass is 79.9. The quantitative estimate of drug-likeness (QED) is 0.867. The Hall–Kier alpha value is -0.610. The van der Waals surface area contributed by atoms with Crippen LogP contribution in [0.25, 0.3) is 0 Å². The molecule has 0 aromatic carbocycles. The zero-order valence-electron chi connectivity index (χ0n) is 10.7. The smallest absolute Gasteiger partial charge is 0.128 e. The molecule has 4 heteroatoms. The highest BCUT2D eigenvalue weighted by Gasteiger charge is 2.33. The number of nitrogens with two attached hydrogens (primary N) is 1. The zero-order chi connectivity index (χ0) is 12.6. The summed E-state index contributed by atoms with van der Waals surface area (Å²) in [5.74, 6) is 1.06. The van der Waals surface area contributed by atoms with Gasteiger partial charge in [0.05, 0.1) is 0 Å². The van der Waals surface area contributed by atoms with Gasteiger partial charge < -0.3 is 10.6 Å². The van der Waals surface area contributed by atoms with Gasteiger partial charge in [-0.1, -0.05) is 13.8 Å². The maximum Gasteiger partial charge on any atom is 0.128 e. The van der Waals surface area contributed by atoms with Crippen molar-refractivity contribution in [3.63, 3.8) is 0 Å². The Morgan fingerprint density at radius 3 is 2.82 bits per heavy atom. The second kappa shape index (κ2) is 4.58. The number of nitrogens with zero attached hydrogens (tertiary/aromatic N) is 2. The normalized spacial score (nSPS) is 23.8. The molecule has 1 aliphatic heterocycles. The van der Waals surface area contributed by atoms with Crippen molar-refractivity contribution in [2.75, 3.05) is 18.0 Å². The maximum absolute atomic E-state index is 6.15. The minimum atomic E-state index is 0.154. The van der Waals surface area contributed by atoms with Gasteiger partial charge in [0.25, 0.3) is 0 Å². The lowest BCUT2D eigenvalue weighted by Crippen LogP contribution is -2.52. The fraction of sp³-hybridized carbons (Fsp3) is 0.615. The van der Waals surface area contributed by atoms with E-state index >= 15 is 0 Å². The van der Waals surface area contributed by atoms with Crippen LogP contribution in [0.2, 0.25) is 0 Å². The Balaban J connectivity index is 2.21. The van der Waals surface area contributed by atoms with E-state index in [0.717, 1.165) is 29.8 Å². The number of aryl methyl sites for hydroxylation is 1. The van der Waals surface area contributed by atoms with Crippen LogP contribution in [-0.2, 0) is 0 Å². The Morgan fingerprint density at radius 2 is 2.24 bits per heavy atom. The van der Waals surface area contributed by atoms with Gasteiger partial charge in [0.2, 0.25) is 0 Å². The molecule has 1 unspecified atom stereocenters. The minimum absolute atomic E-state index is 0.154. The summed E-state index contributed by atoms with van der Waals surface area (Å²) in [6.45, 7) is 8.53. The van der Waals surface area contributed by atoms with Crippen LogP contribution in [0.3, 0.4) is 0 Å². The van der Waals surface area contributed by atoms with Gasteiger partial charge in [0.15, 0.2) is 0 Å². The Bertz CT molecular complexity index is 417. The van der Waals surface area contributed by atoms with Crippen molar-refractivity contribution in [3.05, 3.63) is 22.3 Å². The molecule has 2 N–H and O–H groups in total. The SMILES string of the molecule is Cc1cc(N2CCC(N)C(C)(C)C2)ncc1Br. The highest BCUT2D eigenvalue weighted by Crippen LogP contribution is 2.31. The van der Waals surface area contributed by atoms with Crippen LogP contribution >= 0.6 is 15.9 Å². The van der Waals surface area contributed by atoms with Crippen molar-refractivity contribution in [2.24, 2.45) is 11.1 Å². The molecule has 17 heavy (non-hydrogen) atoms. The molecule has 94 valence electrons. The molecule has 0 saturated carbocycles. The van der Waals surface area contributed by atoms with Crippen LogP contribution in [-0.4, -0.2) is 24.1 Å². The summed E-state index contributed by atoms with van der Waals surface area (Å²) in [6.07, 6.45) is 2.91. The average molecular weight is 298 g/mol. The molecule has 0 aliphatic carbocycles. The van der Waals surface area contributed by atoms with Gasteiger partial charge >= 0.3 is 0 Å². The number of pyridine rings is 1. The van der Waals surface area contributed by atoms with E-state index in [-0.39, 0.29) is 11.5 Å². The van der Waals surface area contributed by atoms with E-state index in [1.54, 1.807) is 0 Å². The number of hydrogen-bond donors (Lipinski definition) is 1. The Morgan fingerprint density at radius 1 is 1.53 bits per heavy atom.